The predicted octanol–water partition coefficient (Wildman–Crippen LogP) is 2.37. The Balaban J connectivity index is 2.87. The third-order valence-electron chi connectivity index (χ3n) is 3.14. The van der Waals surface area contributed by atoms with Crippen LogP contribution in [-0.2, 0) is 10.0 Å². The molecular formula is C14H24N2O2S. The SMILES string of the molecule is CC(C)CCN(C)S(=O)(=O)c1ccc(C(C)N)cc1. The molecule has 0 aliphatic heterocycles. The molecule has 0 aliphatic rings. The van der Waals surface area contributed by atoms with E-state index in [1.54, 1.807) is 31.3 Å². The summed E-state index contributed by atoms with van der Waals surface area (Å²) in [6.07, 6.45) is 0.855. The smallest absolute Gasteiger partial charge is 0.242 e. The predicted molar refractivity (Wildman–Crippen MR) is 78.3 cm³/mol. The van der Waals surface area contributed by atoms with Crippen LogP contribution >= 0.6 is 0 Å². The van der Waals surface area contributed by atoms with E-state index in [0.717, 1.165) is 12.0 Å². The van der Waals surface area contributed by atoms with Gasteiger partial charge in [-0.05, 0) is 37.0 Å². The van der Waals surface area contributed by atoms with Crippen LogP contribution in [0, 0.1) is 5.92 Å². The van der Waals surface area contributed by atoms with Gasteiger partial charge in [-0.1, -0.05) is 26.0 Å². The fourth-order valence-corrected chi connectivity index (χ4v) is 2.87. The zero-order chi connectivity index (χ0) is 14.6. The lowest BCUT2D eigenvalue weighted by molar-refractivity contribution is 0.428. The molecule has 5 heteroatoms. The van der Waals surface area contributed by atoms with Crippen molar-refractivity contribution in [2.24, 2.45) is 11.7 Å². The molecule has 1 aromatic rings. The zero-order valence-corrected chi connectivity index (χ0v) is 12.9. The molecule has 1 aromatic carbocycles. The summed E-state index contributed by atoms with van der Waals surface area (Å²) in [7, 11) is -1.76. The van der Waals surface area contributed by atoms with Crippen LogP contribution in [0.3, 0.4) is 0 Å². The van der Waals surface area contributed by atoms with Gasteiger partial charge in [0.05, 0.1) is 4.90 Å². The number of hydrogen-bond acceptors (Lipinski definition) is 3. The maximum atomic E-state index is 12.3. The highest BCUT2D eigenvalue weighted by Gasteiger charge is 2.20. The number of nitrogens with zero attached hydrogens (tertiary/aromatic N) is 1. The summed E-state index contributed by atoms with van der Waals surface area (Å²) in [6.45, 7) is 6.57. The monoisotopic (exact) mass is 284 g/mol. The molecule has 0 spiro atoms. The van der Waals surface area contributed by atoms with Crippen LogP contribution < -0.4 is 5.73 Å². The van der Waals surface area contributed by atoms with E-state index in [1.807, 2.05) is 6.92 Å². The molecule has 108 valence electrons. The van der Waals surface area contributed by atoms with E-state index in [4.69, 9.17) is 5.73 Å². The van der Waals surface area contributed by atoms with Gasteiger partial charge in [0.2, 0.25) is 10.0 Å². The fourth-order valence-electron chi connectivity index (χ4n) is 1.68. The highest BCUT2D eigenvalue weighted by Crippen LogP contribution is 2.18. The quantitative estimate of drug-likeness (QED) is 0.872. The van der Waals surface area contributed by atoms with Crippen molar-refractivity contribution in [2.75, 3.05) is 13.6 Å². The van der Waals surface area contributed by atoms with Crippen LogP contribution in [-0.4, -0.2) is 26.3 Å². The molecule has 1 atom stereocenters. The summed E-state index contributed by atoms with van der Waals surface area (Å²) in [5.41, 5.74) is 6.69. The highest BCUT2D eigenvalue weighted by molar-refractivity contribution is 7.89. The van der Waals surface area contributed by atoms with Crippen molar-refractivity contribution in [3.8, 4) is 0 Å². The molecule has 1 rings (SSSR count). The molecule has 0 saturated heterocycles. The van der Waals surface area contributed by atoms with E-state index in [1.165, 1.54) is 4.31 Å². The lowest BCUT2D eigenvalue weighted by atomic mass is 10.1. The van der Waals surface area contributed by atoms with Crippen LogP contribution in [0.15, 0.2) is 29.2 Å². The van der Waals surface area contributed by atoms with E-state index in [9.17, 15) is 8.42 Å². The largest absolute Gasteiger partial charge is 0.324 e. The number of rotatable bonds is 6. The van der Waals surface area contributed by atoms with Gasteiger partial charge in [-0.15, -0.1) is 0 Å². The summed E-state index contributed by atoms with van der Waals surface area (Å²) in [5, 5.41) is 0. The van der Waals surface area contributed by atoms with Crippen LogP contribution in [0.2, 0.25) is 0 Å². The van der Waals surface area contributed by atoms with Crippen LogP contribution in [0.25, 0.3) is 0 Å². The number of hydrogen-bond donors (Lipinski definition) is 1. The molecule has 0 saturated carbocycles. The molecule has 0 amide bonds. The topological polar surface area (TPSA) is 63.4 Å². The normalized spacial score (nSPS) is 14.1. The summed E-state index contributed by atoms with van der Waals surface area (Å²) in [6, 6.07) is 6.71. The second-order valence-electron chi connectivity index (χ2n) is 5.37. The Bertz CT molecular complexity index is 493. The lowest BCUT2D eigenvalue weighted by Gasteiger charge is -2.18. The van der Waals surface area contributed by atoms with Crippen LogP contribution in [0.1, 0.15) is 38.8 Å². The second-order valence-corrected chi connectivity index (χ2v) is 7.41. The van der Waals surface area contributed by atoms with Crippen LogP contribution in [0.4, 0.5) is 0 Å². The average Bonchev–Trinajstić information content (AvgIpc) is 2.35. The van der Waals surface area contributed by atoms with Gasteiger partial charge >= 0.3 is 0 Å². The maximum absolute atomic E-state index is 12.3. The van der Waals surface area contributed by atoms with Crippen molar-refractivity contribution in [1.29, 1.82) is 0 Å². The average molecular weight is 284 g/mol. The summed E-state index contributed by atoms with van der Waals surface area (Å²) < 4.78 is 26.1. The van der Waals surface area contributed by atoms with Gasteiger partial charge in [-0.3, -0.25) is 0 Å². The number of nitrogens with two attached hydrogens (primary N) is 1. The Labute approximate surface area is 116 Å². The summed E-state index contributed by atoms with van der Waals surface area (Å²) in [5.74, 6) is 0.484. The molecule has 0 aromatic heterocycles. The number of benzene rings is 1. The van der Waals surface area contributed by atoms with Gasteiger partial charge in [0, 0.05) is 19.6 Å². The first kappa shape index (κ1) is 16.1. The third-order valence-corrected chi connectivity index (χ3v) is 5.01. The Morgan fingerprint density at radius 3 is 2.11 bits per heavy atom. The Morgan fingerprint density at radius 2 is 1.68 bits per heavy atom. The first-order valence-electron chi connectivity index (χ1n) is 6.57. The van der Waals surface area contributed by atoms with Crippen molar-refractivity contribution in [2.45, 2.75) is 38.1 Å². The molecule has 0 radical (unpaired) electrons. The third kappa shape index (κ3) is 4.30. The maximum Gasteiger partial charge on any atom is 0.242 e. The van der Waals surface area contributed by atoms with Crippen molar-refractivity contribution in [1.82, 2.24) is 4.31 Å². The van der Waals surface area contributed by atoms with Gasteiger partial charge in [0.25, 0.3) is 0 Å². The van der Waals surface area contributed by atoms with Crippen LogP contribution in [0.5, 0.6) is 0 Å². The molecule has 0 fully saturated rings. The molecule has 0 aliphatic carbocycles. The molecule has 0 heterocycles. The Kier molecular flexibility index (Phi) is 5.52. The van der Waals surface area contributed by atoms with E-state index < -0.39 is 10.0 Å². The van der Waals surface area contributed by atoms with E-state index >= 15 is 0 Å². The van der Waals surface area contributed by atoms with E-state index in [-0.39, 0.29) is 6.04 Å². The van der Waals surface area contributed by atoms with Crippen molar-refractivity contribution < 1.29 is 8.42 Å². The Morgan fingerprint density at radius 1 is 1.16 bits per heavy atom. The molecule has 0 bridgehead atoms. The zero-order valence-electron chi connectivity index (χ0n) is 12.1. The Hall–Kier alpha value is -0.910. The minimum atomic E-state index is -3.38. The minimum Gasteiger partial charge on any atom is -0.324 e. The number of sulfonamides is 1. The van der Waals surface area contributed by atoms with Gasteiger partial charge in [0.15, 0.2) is 0 Å². The standard InChI is InChI=1S/C14H24N2O2S/c1-11(2)9-10-16(4)19(17,18)14-7-5-13(6-8-14)12(3)15/h5-8,11-12H,9-10,15H2,1-4H3. The molecule has 4 nitrogen and oxygen atoms in total. The summed E-state index contributed by atoms with van der Waals surface area (Å²) in [4.78, 5) is 0.322. The van der Waals surface area contributed by atoms with Gasteiger partial charge in [0.1, 0.15) is 0 Å². The minimum absolute atomic E-state index is 0.0876. The second kappa shape index (κ2) is 6.50. The highest BCUT2D eigenvalue weighted by atomic mass is 32.2. The fraction of sp³-hybridized carbons (Fsp3) is 0.571. The van der Waals surface area contributed by atoms with E-state index in [0.29, 0.717) is 17.4 Å². The van der Waals surface area contributed by atoms with Crippen molar-refractivity contribution in [3.63, 3.8) is 0 Å². The molecular weight excluding hydrogens is 260 g/mol. The molecule has 19 heavy (non-hydrogen) atoms. The summed E-state index contributed by atoms with van der Waals surface area (Å²) >= 11 is 0. The van der Waals surface area contributed by atoms with Gasteiger partial charge in [-0.2, -0.15) is 0 Å². The van der Waals surface area contributed by atoms with Crippen molar-refractivity contribution >= 4 is 10.0 Å². The lowest BCUT2D eigenvalue weighted by Crippen LogP contribution is -2.28. The molecule has 2 N–H and O–H groups in total. The molecule has 1 unspecified atom stereocenters. The first-order chi connectivity index (χ1) is 8.75. The van der Waals surface area contributed by atoms with Gasteiger partial charge < -0.3 is 5.73 Å². The van der Waals surface area contributed by atoms with E-state index in [2.05, 4.69) is 13.8 Å². The van der Waals surface area contributed by atoms with Gasteiger partial charge in [-0.25, -0.2) is 12.7 Å². The van der Waals surface area contributed by atoms with Crippen molar-refractivity contribution in [3.05, 3.63) is 29.8 Å². The first-order valence-corrected chi connectivity index (χ1v) is 8.01.